The summed E-state index contributed by atoms with van der Waals surface area (Å²) in [5.41, 5.74) is 0.195. The summed E-state index contributed by atoms with van der Waals surface area (Å²) in [6, 6.07) is 0. The van der Waals surface area contributed by atoms with Crippen molar-refractivity contribution in [2.24, 2.45) is 5.41 Å². The van der Waals surface area contributed by atoms with E-state index in [4.69, 9.17) is 4.43 Å². The molecule has 0 aromatic rings. The smallest absolute Gasteiger partial charge is 0.592 e. The number of hydrogen-bond acceptors (Lipinski definition) is 2. The second kappa shape index (κ2) is 13.3. The summed E-state index contributed by atoms with van der Waals surface area (Å²) >= 11 is 0. The van der Waals surface area contributed by atoms with E-state index in [0.29, 0.717) is 0 Å². The van der Waals surface area contributed by atoms with Gasteiger partial charge in [-0.15, -0.1) is 5.41 Å². The van der Waals surface area contributed by atoms with Crippen LogP contribution in [-0.4, -0.2) is 33.9 Å². The van der Waals surface area contributed by atoms with Gasteiger partial charge in [-0.25, -0.2) is 6.61 Å². The Hall–Kier alpha value is 1.33. The first kappa shape index (κ1) is 27.6. The van der Waals surface area contributed by atoms with Crippen molar-refractivity contribution in [2.45, 2.75) is 46.8 Å². The summed E-state index contributed by atoms with van der Waals surface area (Å²) in [4.78, 5) is 2.12. The summed E-state index contributed by atoms with van der Waals surface area (Å²) < 4.78 is 5.61. The summed E-state index contributed by atoms with van der Waals surface area (Å²) in [7, 11) is 2.77. The van der Waals surface area contributed by atoms with Gasteiger partial charge in [-0.1, -0.05) is 20.8 Å². The molecule has 0 heterocycles. The summed E-state index contributed by atoms with van der Waals surface area (Å²) in [5.74, 6) is 0. The van der Waals surface area contributed by atoms with Crippen LogP contribution >= 0.6 is 0 Å². The molecule has 0 aromatic heterocycles. The zero-order valence-electron chi connectivity index (χ0n) is 14.6. The zero-order valence-corrected chi connectivity index (χ0v) is 15.6. The van der Waals surface area contributed by atoms with E-state index in [0.717, 1.165) is 13.0 Å². The maximum Gasteiger partial charge on any atom is 1.00 e. The van der Waals surface area contributed by atoms with E-state index in [-0.39, 0.29) is 43.1 Å². The minimum absolute atomic E-state index is 0. The molecule has 0 atom stereocenters. The van der Waals surface area contributed by atoms with E-state index in [1.54, 1.807) is 0 Å². The maximum absolute atomic E-state index is 5.61. The fourth-order valence-corrected chi connectivity index (χ4v) is 1.38. The van der Waals surface area contributed by atoms with Gasteiger partial charge >= 0.3 is 37.7 Å². The molecule has 100 valence electrons. The molecular formula is C13H31Li2NOSi. The molecule has 18 heavy (non-hydrogen) atoms. The van der Waals surface area contributed by atoms with Crippen molar-refractivity contribution in [3.63, 3.8) is 0 Å². The van der Waals surface area contributed by atoms with Crippen molar-refractivity contribution < 1.29 is 42.1 Å². The molecule has 0 spiro atoms. The van der Waals surface area contributed by atoms with Gasteiger partial charge in [0.2, 0.25) is 0 Å². The molecule has 0 rings (SSSR count). The van der Waals surface area contributed by atoms with Crippen LogP contribution in [0, 0.1) is 18.9 Å². The molecule has 0 aliphatic carbocycles. The van der Waals surface area contributed by atoms with Crippen LogP contribution in [0.15, 0.2) is 0 Å². The summed E-state index contributed by atoms with van der Waals surface area (Å²) in [6.07, 6.45) is 1.01. The van der Waals surface area contributed by atoms with Crippen LogP contribution in [0.25, 0.3) is 0 Å². The molecule has 0 bridgehead atoms. The normalized spacial score (nSPS) is 11.0. The first-order valence-corrected chi connectivity index (χ1v) is 9.35. The first-order chi connectivity index (χ1) is 6.98. The molecule has 0 aromatic carbocycles. The molecule has 0 saturated carbocycles. The molecule has 0 radical (unpaired) electrons. The Morgan fingerprint density at radius 1 is 1.11 bits per heavy atom. The summed E-state index contributed by atoms with van der Waals surface area (Å²) in [5, 5.41) is 0. The average molecular weight is 259 g/mol. The SMILES string of the molecule is CC(C)(C)[CH-]O[Si](C)(C)C.[CH2-]CCN(C)C.[Li+].[Li+]. The van der Waals surface area contributed by atoms with Crippen LogP contribution in [0.3, 0.4) is 0 Å². The van der Waals surface area contributed by atoms with Gasteiger partial charge in [-0.2, -0.15) is 6.42 Å². The quantitative estimate of drug-likeness (QED) is 0.421. The molecule has 0 saturated heterocycles. The minimum Gasteiger partial charge on any atom is -0.592 e. The van der Waals surface area contributed by atoms with E-state index in [2.05, 4.69) is 52.2 Å². The van der Waals surface area contributed by atoms with Crippen LogP contribution in [-0.2, 0) is 4.43 Å². The summed E-state index contributed by atoms with van der Waals surface area (Å²) in [6.45, 7) is 19.7. The fraction of sp³-hybridized carbons (Fsp3) is 0.846. The van der Waals surface area contributed by atoms with Crippen molar-refractivity contribution >= 4 is 8.32 Å². The predicted molar refractivity (Wildman–Crippen MR) is 76.7 cm³/mol. The van der Waals surface area contributed by atoms with Gasteiger partial charge in [-0.3, -0.25) is 0 Å². The predicted octanol–water partition coefficient (Wildman–Crippen LogP) is -2.17. The third-order valence-electron chi connectivity index (χ3n) is 1.37. The van der Waals surface area contributed by atoms with Crippen LogP contribution in [0.1, 0.15) is 27.2 Å². The second-order valence-corrected chi connectivity index (χ2v) is 10.8. The van der Waals surface area contributed by atoms with E-state index in [1.807, 2.05) is 20.7 Å². The van der Waals surface area contributed by atoms with Gasteiger partial charge < -0.3 is 16.2 Å². The molecular weight excluding hydrogens is 228 g/mol. The Labute approximate surface area is 141 Å². The first-order valence-electron chi connectivity index (χ1n) is 5.94. The second-order valence-electron chi connectivity index (χ2n) is 6.37. The zero-order chi connectivity index (χ0) is 13.4. The molecule has 0 aliphatic heterocycles. The topological polar surface area (TPSA) is 12.5 Å². The van der Waals surface area contributed by atoms with E-state index < -0.39 is 8.32 Å². The molecule has 0 amide bonds. The number of rotatable bonds is 4. The van der Waals surface area contributed by atoms with E-state index in [9.17, 15) is 0 Å². The van der Waals surface area contributed by atoms with E-state index >= 15 is 0 Å². The van der Waals surface area contributed by atoms with Gasteiger partial charge in [-0.05, 0) is 40.3 Å². The molecule has 0 unspecified atom stereocenters. The molecule has 0 aliphatic rings. The Morgan fingerprint density at radius 2 is 1.50 bits per heavy atom. The van der Waals surface area contributed by atoms with Gasteiger partial charge in [0.15, 0.2) is 0 Å². The van der Waals surface area contributed by atoms with Gasteiger partial charge in [0.05, 0.1) is 0 Å². The third kappa shape index (κ3) is 36.0. The monoisotopic (exact) mass is 259 g/mol. The van der Waals surface area contributed by atoms with Crippen LogP contribution in [0.4, 0.5) is 0 Å². The maximum atomic E-state index is 5.61. The Kier molecular flexibility index (Phi) is 20.5. The van der Waals surface area contributed by atoms with Gasteiger partial charge in [0.25, 0.3) is 0 Å². The largest absolute Gasteiger partial charge is 1.00 e. The average Bonchev–Trinajstić information content (AvgIpc) is 1.99. The van der Waals surface area contributed by atoms with Crippen molar-refractivity contribution in [3.8, 4) is 0 Å². The van der Waals surface area contributed by atoms with Crippen molar-refractivity contribution in [1.82, 2.24) is 4.90 Å². The van der Waals surface area contributed by atoms with E-state index in [1.165, 1.54) is 0 Å². The minimum atomic E-state index is -1.32. The van der Waals surface area contributed by atoms with Crippen LogP contribution in [0.2, 0.25) is 19.6 Å². The van der Waals surface area contributed by atoms with Gasteiger partial charge in [0, 0.05) is 0 Å². The Bertz CT molecular complexity index is 151. The number of hydrogen-bond donors (Lipinski definition) is 0. The number of nitrogens with zero attached hydrogens (tertiary/aromatic N) is 1. The van der Waals surface area contributed by atoms with Crippen molar-refractivity contribution in [2.75, 3.05) is 20.6 Å². The standard InChI is InChI=1S/C8H19OSi.C5H12N.2Li/c1-8(2,3)7-9-10(4,5)6;1-4-5-6(2)3;;/h7H,1-6H3;1,4-5H2,2-3H3;;/q2*-1;2*+1. The Balaban J connectivity index is -0.000000108. The third-order valence-corrected chi connectivity index (χ3v) is 2.20. The molecule has 0 fully saturated rings. The van der Waals surface area contributed by atoms with Gasteiger partial charge in [0.1, 0.15) is 8.32 Å². The van der Waals surface area contributed by atoms with Crippen molar-refractivity contribution in [3.05, 3.63) is 13.5 Å². The molecule has 2 nitrogen and oxygen atoms in total. The van der Waals surface area contributed by atoms with Crippen molar-refractivity contribution in [1.29, 1.82) is 0 Å². The van der Waals surface area contributed by atoms with Crippen LogP contribution < -0.4 is 37.7 Å². The Morgan fingerprint density at radius 3 is 1.56 bits per heavy atom. The molecule has 5 heteroatoms. The molecule has 0 N–H and O–H groups in total. The van der Waals surface area contributed by atoms with Crippen LogP contribution in [0.5, 0.6) is 0 Å². The fourth-order valence-electron chi connectivity index (χ4n) is 0.670.